The van der Waals surface area contributed by atoms with Gasteiger partial charge in [0.15, 0.2) is 11.5 Å². The second-order valence-electron chi connectivity index (χ2n) is 7.37. The Morgan fingerprint density at radius 3 is 2.55 bits per heavy atom. The topological polar surface area (TPSA) is 109 Å². The number of piperidine rings is 1. The van der Waals surface area contributed by atoms with E-state index in [9.17, 15) is 27.3 Å². The Kier molecular flexibility index (Phi) is 7.84. The molecule has 0 aliphatic carbocycles. The van der Waals surface area contributed by atoms with Gasteiger partial charge in [-0.3, -0.25) is 4.79 Å². The summed E-state index contributed by atoms with van der Waals surface area (Å²) >= 11 is 0. The van der Waals surface area contributed by atoms with Crippen LogP contribution in [0.1, 0.15) is 24.0 Å². The van der Waals surface area contributed by atoms with Gasteiger partial charge in [-0.25, -0.2) is 8.42 Å². The van der Waals surface area contributed by atoms with Crippen molar-refractivity contribution in [1.29, 1.82) is 5.26 Å². The number of amides is 1. The third-order valence-corrected chi connectivity index (χ3v) is 7.32. The highest BCUT2D eigenvalue weighted by molar-refractivity contribution is 7.89. The SMILES string of the molecule is COc1cc(CNC(=O)C2CCN(S(=O)(=O)c3ccccc3C#N)CC2)ccc1OC(F)F. The first-order valence-corrected chi connectivity index (χ1v) is 11.6. The van der Waals surface area contributed by atoms with Crippen LogP contribution in [-0.2, 0) is 21.4 Å². The van der Waals surface area contributed by atoms with Crippen LogP contribution in [0.2, 0.25) is 0 Å². The molecule has 1 amide bonds. The van der Waals surface area contributed by atoms with Crippen molar-refractivity contribution in [1.82, 2.24) is 9.62 Å². The molecule has 0 aromatic heterocycles. The van der Waals surface area contributed by atoms with Crippen molar-refractivity contribution in [2.24, 2.45) is 5.92 Å². The molecule has 1 N–H and O–H groups in total. The molecule has 2 aromatic rings. The molecule has 0 bridgehead atoms. The van der Waals surface area contributed by atoms with E-state index in [1.807, 2.05) is 6.07 Å². The number of carbonyl (C=O) groups is 1. The minimum Gasteiger partial charge on any atom is -0.493 e. The molecule has 0 atom stereocenters. The van der Waals surface area contributed by atoms with Crippen molar-refractivity contribution in [2.75, 3.05) is 20.2 Å². The van der Waals surface area contributed by atoms with Gasteiger partial charge in [0, 0.05) is 25.6 Å². The second kappa shape index (κ2) is 10.6. The Morgan fingerprint density at radius 2 is 1.91 bits per heavy atom. The smallest absolute Gasteiger partial charge is 0.387 e. The molecular weight excluding hydrogens is 456 g/mol. The average molecular weight is 480 g/mol. The molecule has 2 aromatic carbocycles. The van der Waals surface area contributed by atoms with Gasteiger partial charge in [-0.15, -0.1) is 0 Å². The molecule has 1 heterocycles. The predicted octanol–water partition coefficient (Wildman–Crippen LogP) is 2.89. The third kappa shape index (κ3) is 5.77. The Balaban J connectivity index is 1.57. The number of benzene rings is 2. The van der Waals surface area contributed by atoms with E-state index in [1.54, 1.807) is 18.2 Å². The molecule has 8 nitrogen and oxygen atoms in total. The third-order valence-electron chi connectivity index (χ3n) is 5.36. The number of sulfonamides is 1. The number of methoxy groups -OCH3 is 1. The van der Waals surface area contributed by atoms with E-state index in [4.69, 9.17) is 4.74 Å². The van der Waals surface area contributed by atoms with Crippen LogP contribution in [0.25, 0.3) is 0 Å². The van der Waals surface area contributed by atoms with E-state index in [1.165, 1.54) is 35.7 Å². The van der Waals surface area contributed by atoms with E-state index in [-0.39, 0.29) is 53.4 Å². The summed E-state index contributed by atoms with van der Waals surface area (Å²) in [6.07, 6.45) is 0.675. The summed E-state index contributed by atoms with van der Waals surface area (Å²) in [6.45, 7) is -2.51. The number of nitrogens with zero attached hydrogens (tertiary/aromatic N) is 2. The van der Waals surface area contributed by atoms with Crippen molar-refractivity contribution in [3.63, 3.8) is 0 Å². The number of carbonyl (C=O) groups excluding carboxylic acids is 1. The van der Waals surface area contributed by atoms with Crippen molar-refractivity contribution >= 4 is 15.9 Å². The van der Waals surface area contributed by atoms with Gasteiger partial charge >= 0.3 is 6.61 Å². The molecule has 1 saturated heterocycles. The Bertz CT molecular complexity index is 1140. The first kappa shape index (κ1) is 24.4. The fraction of sp³-hybridized carbons (Fsp3) is 0.364. The van der Waals surface area contributed by atoms with Crippen molar-refractivity contribution in [2.45, 2.75) is 30.9 Å². The molecule has 176 valence electrons. The van der Waals surface area contributed by atoms with Gasteiger partial charge in [-0.05, 0) is 42.7 Å². The van der Waals surface area contributed by atoms with Crippen LogP contribution in [0.4, 0.5) is 8.78 Å². The Morgan fingerprint density at radius 1 is 1.21 bits per heavy atom. The summed E-state index contributed by atoms with van der Waals surface area (Å²) in [5, 5.41) is 12.0. The van der Waals surface area contributed by atoms with Crippen LogP contribution >= 0.6 is 0 Å². The molecule has 0 spiro atoms. The fourth-order valence-corrected chi connectivity index (χ4v) is 5.24. The fourth-order valence-electron chi connectivity index (χ4n) is 3.63. The zero-order valence-corrected chi connectivity index (χ0v) is 18.6. The standard InChI is InChI=1S/C22H23F2N3O5S/c1-31-19-12-15(6-7-18(19)32-22(23)24)14-26-21(28)16-8-10-27(11-9-16)33(29,30)20-5-3-2-4-17(20)13-25/h2-7,12,16,22H,8-11,14H2,1H3,(H,26,28). The summed E-state index contributed by atoms with van der Waals surface area (Å²) in [5.74, 6) is -0.574. The van der Waals surface area contributed by atoms with Crippen molar-refractivity contribution < 1.29 is 31.5 Å². The number of halogens is 2. The highest BCUT2D eigenvalue weighted by atomic mass is 32.2. The van der Waals surface area contributed by atoms with Crippen molar-refractivity contribution in [3.05, 3.63) is 53.6 Å². The largest absolute Gasteiger partial charge is 0.493 e. The van der Waals surface area contributed by atoms with E-state index < -0.39 is 16.6 Å². The molecule has 11 heteroatoms. The highest BCUT2D eigenvalue weighted by Gasteiger charge is 2.33. The summed E-state index contributed by atoms with van der Waals surface area (Å²) in [6, 6.07) is 12.3. The maximum Gasteiger partial charge on any atom is 0.387 e. The molecular formula is C22H23F2N3O5S. The first-order chi connectivity index (χ1) is 15.8. The molecule has 1 fully saturated rings. The van der Waals surface area contributed by atoms with Gasteiger partial charge in [0.1, 0.15) is 6.07 Å². The average Bonchev–Trinajstić information content (AvgIpc) is 2.82. The number of ether oxygens (including phenoxy) is 2. The van der Waals surface area contributed by atoms with Crippen LogP contribution in [0.3, 0.4) is 0 Å². The lowest BCUT2D eigenvalue weighted by molar-refractivity contribution is -0.126. The number of alkyl halides is 2. The molecule has 0 unspecified atom stereocenters. The van der Waals surface area contributed by atoms with Gasteiger partial charge < -0.3 is 14.8 Å². The van der Waals surface area contributed by atoms with Crippen LogP contribution in [0.15, 0.2) is 47.4 Å². The van der Waals surface area contributed by atoms with Crippen LogP contribution < -0.4 is 14.8 Å². The van der Waals surface area contributed by atoms with Crippen LogP contribution in [-0.4, -0.2) is 45.4 Å². The second-order valence-corrected chi connectivity index (χ2v) is 9.27. The number of nitrogens with one attached hydrogen (secondary N) is 1. The number of hydrogen-bond donors (Lipinski definition) is 1. The molecule has 33 heavy (non-hydrogen) atoms. The molecule has 1 aliphatic rings. The van der Waals surface area contributed by atoms with Gasteiger partial charge in [0.25, 0.3) is 0 Å². The maximum atomic E-state index is 12.9. The zero-order chi connectivity index (χ0) is 24.0. The summed E-state index contributed by atoms with van der Waals surface area (Å²) < 4.78 is 61.4. The quantitative estimate of drug-likeness (QED) is 0.624. The van der Waals surface area contributed by atoms with Crippen LogP contribution in [0.5, 0.6) is 11.5 Å². The van der Waals surface area contributed by atoms with Gasteiger partial charge in [0.05, 0.1) is 17.6 Å². The first-order valence-electron chi connectivity index (χ1n) is 10.1. The van der Waals surface area contributed by atoms with Gasteiger partial charge in [-0.1, -0.05) is 18.2 Å². The zero-order valence-electron chi connectivity index (χ0n) is 17.8. The highest BCUT2D eigenvalue weighted by Crippen LogP contribution is 2.30. The van der Waals surface area contributed by atoms with Gasteiger partial charge in [-0.2, -0.15) is 18.3 Å². The summed E-state index contributed by atoms with van der Waals surface area (Å²) in [5.41, 5.74) is 0.715. The van der Waals surface area contributed by atoms with E-state index in [0.29, 0.717) is 18.4 Å². The number of hydrogen-bond acceptors (Lipinski definition) is 6. The summed E-state index contributed by atoms with van der Waals surface area (Å²) in [7, 11) is -2.50. The minimum absolute atomic E-state index is 0.0383. The molecule has 0 radical (unpaired) electrons. The van der Waals surface area contributed by atoms with Crippen molar-refractivity contribution in [3.8, 4) is 17.6 Å². The lowest BCUT2D eigenvalue weighted by Crippen LogP contribution is -2.43. The summed E-state index contributed by atoms with van der Waals surface area (Å²) in [4.78, 5) is 12.5. The van der Waals surface area contributed by atoms with E-state index >= 15 is 0 Å². The van der Waals surface area contributed by atoms with E-state index in [2.05, 4.69) is 10.1 Å². The number of rotatable bonds is 8. The minimum atomic E-state index is -3.83. The molecule has 3 rings (SSSR count). The number of nitriles is 1. The predicted molar refractivity (Wildman–Crippen MR) is 114 cm³/mol. The maximum absolute atomic E-state index is 12.9. The monoisotopic (exact) mass is 479 g/mol. The Hall–Kier alpha value is -3.23. The van der Waals surface area contributed by atoms with Gasteiger partial charge in [0.2, 0.25) is 15.9 Å². The lowest BCUT2D eigenvalue weighted by Gasteiger charge is -2.30. The van der Waals surface area contributed by atoms with Crippen LogP contribution in [0, 0.1) is 17.2 Å². The van der Waals surface area contributed by atoms with E-state index in [0.717, 1.165) is 0 Å². The Labute approximate surface area is 190 Å². The lowest BCUT2D eigenvalue weighted by atomic mass is 9.97. The normalized spacial score (nSPS) is 15.1. The molecule has 0 saturated carbocycles. The molecule has 1 aliphatic heterocycles.